The van der Waals surface area contributed by atoms with Gasteiger partial charge in [-0.1, -0.05) is 5.11 Å². The fourth-order valence-electron chi connectivity index (χ4n) is 2.55. The maximum atomic E-state index is 12.0. The fraction of sp³-hybridized carbons (Fsp3) is 0.667. The molecular weight excluding hydrogens is 244 g/mol. The van der Waals surface area contributed by atoms with Crippen LogP contribution in [0.5, 0.6) is 0 Å². The quantitative estimate of drug-likeness (QED) is 0.471. The van der Waals surface area contributed by atoms with Crippen molar-refractivity contribution in [2.24, 2.45) is 18.1 Å². The second-order valence-corrected chi connectivity index (χ2v) is 5.01. The van der Waals surface area contributed by atoms with Gasteiger partial charge < -0.3 is 4.90 Å². The molecule has 2 rings (SSSR count). The molecule has 2 unspecified atom stereocenters. The van der Waals surface area contributed by atoms with Crippen LogP contribution in [0.25, 0.3) is 10.4 Å². The molecule has 7 heteroatoms. The normalized spacial score (nSPS) is 20.5. The Hall–Kier alpha value is -2.01. The lowest BCUT2D eigenvalue weighted by Gasteiger charge is -2.24. The molecule has 1 aliphatic rings. The molecule has 2 heterocycles. The molecule has 7 nitrogen and oxygen atoms in total. The number of likely N-dealkylation sites (tertiary alicyclic amines) is 1. The third kappa shape index (κ3) is 2.56. The molecule has 0 spiro atoms. The summed E-state index contributed by atoms with van der Waals surface area (Å²) < 4.78 is 1.81. The molecule has 0 N–H and O–H groups in total. The van der Waals surface area contributed by atoms with Gasteiger partial charge in [0.2, 0.25) is 5.91 Å². The van der Waals surface area contributed by atoms with Crippen LogP contribution in [0.2, 0.25) is 0 Å². The first-order valence-electron chi connectivity index (χ1n) is 6.33. The summed E-state index contributed by atoms with van der Waals surface area (Å²) in [6, 6.07) is 0.0114. The molecule has 0 aliphatic carbocycles. The van der Waals surface area contributed by atoms with Crippen LogP contribution in [-0.2, 0) is 11.8 Å². The maximum Gasteiger partial charge on any atom is 0.223 e. The van der Waals surface area contributed by atoms with Gasteiger partial charge in [-0.05, 0) is 25.3 Å². The van der Waals surface area contributed by atoms with Crippen LogP contribution in [0.4, 0.5) is 0 Å². The Morgan fingerprint density at radius 3 is 3.00 bits per heavy atom. The van der Waals surface area contributed by atoms with Gasteiger partial charge in [0, 0.05) is 42.7 Å². The molecule has 0 aromatic carbocycles. The smallest absolute Gasteiger partial charge is 0.223 e. The van der Waals surface area contributed by atoms with E-state index >= 15 is 0 Å². The van der Waals surface area contributed by atoms with Gasteiger partial charge in [0.25, 0.3) is 0 Å². The van der Waals surface area contributed by atoms with Crippen molar-refractivity contribution < 1.29 is 4.79 Å². The van der Waals surface area contributed by atoms with Crippen molar-refractivity contribution in [2.75, 3.05) is 13.1 Å². The predicted molar refractivity (Wildman–Crippen MR) is 70.2 cm³/mol. The number of hydrogen-bond donors (Lipinski definition) is 0. The second kappa shape index (κ2) is 5.32. The second-order valence-electron chi connectivity index (χ2n) is 5.01. The average Bonchev–Trinajstić information content (AvgIpc) is 2.91. The van der Waals surface area contributed by atoms with E-state index in [1.807, 2.05) is 36.7 Å². The number of nitrogens with zero attached hydrogens (tertiary/aromatic N) is 6. The molecule has 1 fully saturated rings. The number of aromatic nitrogens is 2. The number of carbonyl (C=O) groups excluding carboxylic acids is 1. The number of hydrogen-bond acceptors (Lipinski definition) is 3. The third-order valence-electron chi connectivity index (χ3n) is 3.83. The van der Waals surface area contributed by atoms with Crippen molar-refractivity contribution in [3.63, 3.8) is 0 Å². The highest BCUT2D eigenvalue weighted by Crippen LogP contribution is 2.29. The molecule has 1 aromatic rings. The van der Waals surface area contributed by atoms with Gasteiger partial charge in [-0.15, -0.1) is 0 Å². The monoisotopic (exact) mass is 262 g/mol. The molecule has 1 amide bonds. The van der Waals surface area contributed by atoms with Gasteiger partial charge in [0.15, 0.2) is 0 Å². The van der Waals surface area contributed by atoms with Crippen molar-refractivity contribution >= 4 is 5.91 Å². The minimum atomic E-state index is 0.0114. The molecular formula is C12H18N6O. The number of amides is 1. The first kappa shape index (κ1) is 13.4. The summed E-state index contributed by atoms with van der Waals surface area (Å²) in [7, 11) is 1.89. The Labute approximate surface area is 111 Å². The molecule has 2 atom stereocenters. The highest BCUT2D eigenvalue weighted by Gasteiger charge is 2.33. The van der Waals surface area contributed by atoms with Crippen LogP contribution in [-0.4, -0.2) is 33.7 Å². The van der Waals surface area contributed by atoms with E-state index in [1.54, 1.807) is 0 Å². The summed E-state index contributed by atoms with van der Waals surface area (Å²) >= 11 is 0. The number of aryl methyl sites for hydroxylation is 1. The van der Waals surface area contributed by atoms with Crippen LogP contribution in [0.3, 0.4) is 0 Å². The molecule has 0 radical (unpaired) electrons. The predicted octanol–water partition coefficient (Wildman–Crippen LogP) is 1.95. The van der Waals surface area contributed by atoms with Gasteiger partial charge in [0.1, 0.15) is 0 Å². The van der Waals surface area contributed by atoms with Crippen LogP contribution < -0.4 is 0 Å². The lowest BCUT2D eigenvalue weighted by atomic mass is 10.1. The van der Waals surface area contributed by atoms with Crippen molar-refractivity contribution in [2.45, 2.75) is 26.3 Å². The van der Waals surface area contributed by atoms with E-state index in [4.69, 9.17) is 5.53 Å². The SMILES string of the molecule is Cc1c(C(C)N2CC(CN=[N+]=[N-])CC2=O)cnn1C. The van der Waals surface area contributed by atoms with Gasteiger partial charge in [-0.2, -0.15) is 5.10 Å². The van der Waals surface area contributed by atoms with Gasteiger partial charge in [0.05, 0.1) is 12.2 Å². The summed E-state index contributed by atoms with van der Waals surface area (Å²) in [6.07, 6.45) is 2.27. The molecule has 1 saturated heterocycles. The van der Waals surface area contributed by atoms with Gasteiger partial charge in [-0.25, -0.2) is 0 Å². The number of carbonyl (C=O) groups is 1. The lowest BCUT2D eigenvalue weighted by molar-refractivity contribution is -0.129. The van der Waals surface area contributed by atoms with Crippen LogP contribution in [0.15, 0.2) is 11.3 Å². The van der Waals surface area contributed by atoms with Crippen molar-refractivity contribution in [1.82, 2.24) is 14.7 Å². The standard InChI is InChI=1S/C12H18N6O/c1-8-11(6-15-17(8)3)9(2)18-7-10(4-12(18)19)5-14-16-13/h6,9-10H,4-5,7H2,1-3H3. The summed E-state index contributed by atoms with van der Waals surface area (Å²) in [6.45, 7) is 5.04. The lowest BCUT2D eigenvalue weighted by Crippen LogP contribution is -2.29. The van der Waals surface area contributed by atoms with Crippen LogP contribution in [0.1, 0.15) is 30.6 Å². The fourth-order valence-corrected chi connectivity index (χ4v) is 2.55. The summed E-state index contributed by atoms with van der Waals surface area (Å²) in [4.78, 5) is 16.6. The summed E-state index contributed by atoms with van der Waals surface area (Å²) in [5.74, 6) is 0.247. The zero-order valence-corrected chi connectivity index (χ0v) is 11.4. The van der Waals surface area contributed by atoms with Crippen molar-refractivity contribution in [3.05, 3.63) is 27.9 Å². The van der Waals surface area contributed by atoms with E-state index < -0.39 is 0 Å². The van der Waals surface area contributed by atoms with E-state index in [0.29, 0.717) is 19.5 Å². The minimum Gasteiger partial charge on any atom is -0.336 e. The minimum absolute atomic E-state index is 0.0114. The molecule has 0 saturated carbocycles. The van der Waals surface area contributed by atoms with Crippen LogP contribution in [0, 0.1) is 12.8 Å². The zero-order valence-electron chi connectivity index (χ0n) is 11.4. The van der Waals surface area contributed by atoms with Crippen molar-refractivity contribution in [3.8, 4) is 0 Å². The summed E-state index contributed by atoms with van der Waals surface area (Å²) in [5, 5.41) is 7.78. The third-order valence-corrected chi connectivity index (χ3v) is 3.83. The number of azide groups is 1. The van der Waals surface area contributed by atoms with Crippen LogP contribution >= 0.6 is 0 Å². The molecule has 19 heavy (non-hydrogen) atoms. The molecule has 1 aliphatic heterocycles. The first-order chi connectivity index (χ1) is 9.04. The highest BCUT2D eigenvalue weighted by atomic mass is 16.2. The van der Waals surface area contributed by atoms with E-state index in [2.05, 4.69) is 15.1 Å². The average molecular weight is 262 g/mol. The Balaban J connectivity index is 2.11. The first-order valence-corrected chi connectivity index (χ1v) is 6.33. The molecule has 102 valence electrons. The molecule has 0 bridgehead atoms. The van der Waals surface area contributed by atoms with E-state index in [1.165, 1.54) is 0 Å². The maximum absolute atomic E-state index is 12.0. The topological polar surface area (TPSA) is 86.9 Å². The van der Waals surface area contributed by atoms with E-state index in [9.17, 15) is 4.79 Å². The zero-order chi connectivity index (χ0) is 14.0. The van der Waals surface area contributed by atoms with E-state index in [-0.39, 0.29) is 17.9 Å². The van der Waals surface area contributed by atoms with Gasteiger partial charge >= 0.3 is 0 Å². The Kier molecular flexibility index (Phi) is 3.76. The highest BCUT2D eigenvalue weighted by molar-refractivity contribution is 5.79. The van der Waals surface area contributed by atoms with Gasteiger partial charge in [-0.3, -0.25) is 9.48 Å². The largest absolute Gasteiger partial charge is 0.336 e. The molecule has 1 aromatic heterocycles. The Bertz CT molecular complexity index is 530. The van der Waals surface area contributed by atoms with E-state index in [0.717, 1.165) is 11.3 Å². The summed E-state index contributed by atoms with van der Waals surface area (Å²) in [5.41, 5.74) is 10.5. The van der Waals surface area contributed by atoms with Crippen molar-refractivity contribution in [1.29, 1.82) is 0 Å². The number of rotatable bonds is 4. The Morgan fingerprint density at radius 2 is 2.42 bits per heavy atom. The Morgan fingerprint density at radius 1 is 1.68 bits per heavy atom.